The van der Waals surface area contributed by atoms with Crippen molar-refractivity contribution >= 4 is 5.91 Å². The number of carbonyl (C=O) groups excluding carboxylic acids is 1. The van der Waals surface area contributed by atoms with Gasteiger partial charge in [0, 0.05) is 17.8 Å². The van der Waals surface area contributed by atoms with Crippen molar-refractivity contribution in [1.29, 1.82) is 0 Å². The van der Waals surface area contributed by atoms with Crippen LogP contribution in [0.3, 0.4) is 0 Å². The molecule has 23 heavy (non-hydrogen) atoms. The van der Waals surface area contributed by atoms with Crippen LogP contribution in [0.15, 0.2) is 41.2 Å². The summed E-state index contributed by atoms with van der Waals surface area (Å²) < 4.78 is 39.0. The van der Waals surface area contributed by atoms with Crippen molar-refractivity contribution < 1.29 is 18.0 Å². The fourth-order valence-corrected chi connectivity index (χ4v) is 2.29. The minimum atomic E-state index is -4.51. The molecule has 2 rings (SSSR count). The van der Waals surface area contributed by atoms with Crippen molar-refractivity contribution in [3.63, 3.8) is 0 Å². The molecule has 0 radical (unpaired) electrons. The second-order valence-corrected chi connectivity index (χ2v) is 5.19. The van der Waals surface area contributed by atoms with Gasteiger partial charge in [-0.25, -0.2) is 0 Å². The van der Waals surface area contributed by atoms with Gasteiger partial charge in [-0.3, -0.25) is 9.59 Å². The standard InChI is InChI=1S/C16H15F3N2O2/c1-9-7-11(22)8-14(20-9)15(23)21-10(2)12-5-3-4-6-13(12)16(17,18)19/h3-8,10H,1-2H3,(H,20,22)(H,21,23). The highest BCUT2D eigenvalue weighted by atomic mass is 19.4. The lowest BCUT2D eigenvalue weighted by molar-refractivity contribution is -0.138. The minimum absolute atomic E-state index is 0.00587. The van der Waals surface area contributed by atoms with Crippen LogP contribution in [0.5, 0.6) is 0 Å². The van der Waals surface area contributed by atoms with Crippen molar-refractivity contribution in [3.8, 4) is 0 Å². The van der Waals surface area contributed by atoms with Crippen molar-refractivity contribution in [2.75, 3.05) is 0 Å². The fraction of sp³-hybridized carbons (Fsp3) is 0.250. The summed E-state index contributed by atoms with van der Waals surface area (Å²) in [5, 5.41) is 2.47. The van der Waals surface area contributed by atoms with E-state index in [0.29, 0.717) is 5.69 Å². The molecule has 1 heterocycles. The largest absolute Gasteiger partial charge is 0.416 e. The number of benzene rings is 1. The van der Waals surface area contributed by atoms with Crippen LogP contribution < -0.4 is 10.7 Å². The van der Waals surface area contributed by atoms with Crippen LogP contribution >= 0.6 is 0 Å². The lowest BCUT2D eigenvalue weighted by Gasteiger charge is -2.19. The zero-order chi connectivity index (χ0) is 17.2. The van der Waals surface area contributed by atoms with Gasteiger partial charge in [-0.1, -0.05) is 18.2 Å². The van der Waals surface area contributed by atoms with Crippen LogP contribution in [0.2, 0.25) is 0 Å². The summed E-state index contributed by atoms with van der Waals surface area (Å²) in [4.78, 5) is 26.3. The molecular formula is C16H15F3N2O2. The van der Waals surface area contributed by atoms with Gasteiger partial charge in [-0.15, -0.1) is 0 Å². The van der Waals surface area contributed by atoms with E-state index in [4.69, 9.17) is 0 Å². The molecule has 0 bridgehead atoms. The highest BCUT2D eigenvalue weighted by Crippen LogP contribution is 2.34. The predicted octanol–water partition coefficient (Wildman–Crippen LogP) is 3.19. The van der Waals surface area contributed by atoms with Gasteiger partial charge >= 0.3 is 6.18 Å². The normalized spacial score (nSPS) is 12.7. The van der Waals surface area contributed by atoms with Crippen LogP contribution in [0, 0.1) is 6.92 Å². The molecular weight excluding hydrogens is 309 g/mol. The Morgan fingerprint density at radius 1 is 1.22 bits per heavy atom. The van der Waals surface area contributed by atoms with E-state index < -0.39 is 23.7 Å². The van der Waals surface area contributed by atoms with E-state index in [-0.39, 0.29) is 16.7 Å². The Labute approximate surface area is 130 Å². The Hall–Kier alpha value is -2.57. The number of H-pyrrole nitrogens is 1. The van der Waals surface area contributed by atoms with Gasteiger partial charge in [-0.2, -0.15) is 13.2 Å². The first kappa shape index (κ1) is 16.8. The fourth-order valence-electron chi connectivity index (χ4n) is 2.29. The minimum Gasteiger partial charge on any atom is -0.354 e. The van der Waals surface area contributed by atoms with Gasteiger partial charge in [0.1, 0.15) is 5.69 Å². The van der Waals surface area contributed by atoms with Crippen LogP contribution in [0.25, 0.3) is 0 Å². The number of hydrogen-bond acceptors (Lipinski definition) is 2. The lowest BCUT2D eigenvalue weighted by Crippen LogP contribution is -2.29. The van der Waals surface area contributed by atoms with E-state index >= 15 is 0 Å². The molecule has 122 valence electrons. The number of aromatic nitrogens is 1. The lowest BCUT2D eigenvalue weighted by atomic mass is 10.0. The Kier molecular flexibility index (Phi) is 4.58. The molecule has 1 aromatic heterocycles. The quantitative estimate of drug-likeness (QED) is 0.911. The summed E-state index contributed by atoms with van der Waals surface area (Å²) in [7, 11) is 0. The number of aryl methyl sites for hydroxylation is 1. The zero-order valence-electron chi connectivity index (χ0n) is 12.5. The molecule has 2 N–H and O–H groups in total. The van der Waals surface area contributed by atoms with Crippen LogP contribution in [0.1, 0.15) is 40.3 Å². The van der Waals surface area contributed by atoms with Crippen molar-refractivity contribution in [3.05, 3.63) is 69.1 Å². The summed E-state index contributed by atoms with van der Waals surface area (Å²) >= 11 is 0. The third-order valence-corrected chi connectivity index (χ3v) is 3.30. The average Bonchev–Trinajstić information content (AvgIpc) is 2.45. The van der Waals surface area contributed by atoms with Gasteiger partial charge in [-0.05, 0) is 25.5 Å². The molecule has 0 saturated carbocycles. The van der Waals surface area contributed by atoms with E-state index in [0.717, 1.165) is 12.1 Å². The summed E-state index contributed by atoms with van der Waals surface area (Å²) in [6, 6.07) is 6.59. The summed E-state index contributed by atoms with van der Waals surface area (Å²) in [5.74, 6) is -0.643. The maximum absolute atomic E-state index is 13.0. The number of alkyl halides is 3. The molecule has 2 aromatic rings. The number of pyridine rings is 1. The van der Waals surface area contributed by atoms with Crippen LogP contribution in [-0.4, -0.2) is 10.9 Å². The average molecular weight is 324 g/mol. The summed E-state index contributed by atoms with van der Waals surface area (Å²) in [5.41, 5.74) is -0.694. The van der Waals surface area contributed by atoms with Gasteiger partial charge in [0.15, 0.2) is 5.43 Å². The van der Waals surface area contributed by atoms with Crippen molar-refractivity contribution in [1.82, 2.24) is 10.3 Å². The van der Waals surface area contributed by atoms with E-state index in [1.807, 2.05) is 0 Å². The number of rotatable bonds is 3. The Morgan fingerprint density at radius 3 is 2.48 bits per heavy atom. The number of nitrogens with one attached hydrogen (secondary N) is 2. The molecule has 0 saturated heterocycles. The van der Waals surface area contributed by atoms with Crippen molar-refractivity contribution in [2.24, 2.45) is 0 Å². The van der Waals surface area contributed by atoms with Gasteiger partial charge in [0.05, 0.1) is 11.6 Å². The van der Waals surface area contributed by atoms with E-state index in [1.54, 1.807) is 6.92 Å². The second kappa shape index (κ2) is 6.28. The highest BCUT2D eigenvalue weighted by Gasteiger charge is 2.34. The number of halogens is 3. The van der Waals surface area contributed by atoms with Crippen LogP contribution in [-0.2, 0) is 6.18 Å². The highest BCUT2D eigenvalue weighted by molar-refractivity contribution is 5.92. The Balaban J connectivity index is 2.27. The Bertz CT molecular complexity index is 781. The summed E-state index contributed by atoms with van der Waals surface area (Å²) in [6.45, 7) is 3.07. The number of hydrogen-bond donors (Lipinski definition) is 2. The maximum atomic E-state index is 13.0. The summed E-state index contributed by atoms with van der Waals surface area (Å²) in [6.07, 6.45) is -4.51. The second-order valence-electron chi connectivity index (χ2n) is 5.19. The Morgan fingerprint density at radius 2 is 1.87 bits per heavy atom. The van der Waals surface area contributed by atoms with E-state index in [9.17, 15) is 22.8 Å². The maximum Gasteiger partial charge on any atom is 0.416 e. The molecule has 0 aliphatic heterocycles. The van der Waals surface area contributed by atoms with E-state index in [1.165, 1.54) is 31.2 Å². The topological polar surface area (TPSA) is 62.0 Å². The third kappa shape index (κ3) is 4.00. The molecule has 0 spiro atoms. The molecule has 1 amide bonds. The predicted molar refractivity (Wildman–Crippen MR) is 79.1 cm³/mol. The molecule has 7 heteroatoms. The first-order valence-corrected chi connectivity index (χ1v) is 6.86. The molecule has 0 aliphatic carbocycles. The first-order chi connectivity index (χ1) is 10.7. The number of amides is 1. The third-order valence-electron chi connectivity index (χ3n) is 3.30. The van der Waals surface area contributed by atoms with Crippen molar-refractivity contribution in [2.45, 2.75) is 26.1 Å². The molecule has 1 unspecified atom stereocenters. The van der Waals surface area contributed by atoms with E-state index in [2.05, 4.69) is 10.3 Å². The first-order valence-electron chi connectivity index (χ1n) is 6.86. The number of aromatic amines is 1. The smallest absolute Gasteiger partial charge is 0.354 e. The van der Waals surface area contributed by atoms with Crippen LogP contribution in [0.4, 0.5) is 13.2 Å². The molecule has 1 aromatic carbocycles. The van der Waals surface area contributed by atoms with Gasteiger partial charge in [0.25, 0.3) is 5.91 Å². The molecule has 0 aliphatic rings. The zero-order valence-corrected chi connectivity index (χ0v) is 12.5. The molecule has 4 nitrogen and oxygen atoms in total. The number of carbonyl (C=O) groups is 1. The molecule has 1 atom stereocenters. The van der Waals surface area contributed by atoms with Gasteiger partial charge in [0.2, 0.25) is 0 Å². The molecule has 0 fully saturated rings. The monoisotopic (exact) mass is 324 g/mol. The SMILES string of the molecule is Cc1cc(=O)cc(C(=O)NC(C)c2ccccc2C(F)(F)F)[nH]1. The van der Waals surface area contributed by atoms with Gasteiger partial charge < -0.3 is 10.3 Å².